The molecule has 2 aliphatic carbocycles. The number of nitrogens with zero attached hydrogens (tertiary/aromatic N) is 1. The van der Waals surface area contributed by atoms with E-state index in [0.29, 0.717) is 0 Å². The highest BCUT2D eigenvalue weighted by Gasteiger charge is 2.29. The maximum atomic E-state index is 5.86. The van der Waals surface area contributed by atoms with E-state index in [-0.39, 0.29) is 6.04 Å². The molecule has 1 aromatic rings. The van der Waals surface area contributed by atoms with Crippen LogP contribution in [0.15, 0.2) is 24.3 Å². The second-order valence-electron chi connectivity index (χ2n) is 6.64. The van der Waals surface area contributed by atoms with Crippen LogP contribution in [0.3, 0.4) is 0 Å². The number of rotatable bonds is 7. The fourth-order valence-electron chi connectivity index (χ4n) is 2.72. The maximum absolute atomic E-state index is 5.86. The minimum atomic E-state index is 0.250. The summed E-state index contributed by atoms with van der Waals surface area (Å²) in [7, 11) is 0. The van der Waals surface area contributed by atoms with E-state index >= 15 is 0 Å². The molecule has 1 atom stereocenters. The van der Waals surface area contributed by atoms with Gasteiger partial charge >= 0.3 is 0 Å². The summed E-state index contributed by atoms with van der Waals surface area (Å²) in [6, 6.07) is 9.35. The maximum Gasteiger partial charge on any atom is 0.0366 e. The van der Waals surface area contributed by atoms with Gasteiger partial charge in [-0.25, -0.2) is 0 Å². The molecule has 1 aromatic carbocycles. The van der Waals surface area contributed by atoms with Gasteiger partial charge in [-0.05, 0) is 68.6 Å². The van der Waals surface area contributed by atoms with Crippen LogP contribution >= 0.6 is 0 Å². The molecule has 0 aromatic heterocycles. The van der Waals surface area contributed by atoms with E-state index < -0.39 is 0 Å². The molecule has 2 nitrogen and oxygen atoms in total. The van der Waals surface area contributed by atoms with Gasteiger partial charge in [0.25, 0.3) is 0 Å². The van der Waals surface area contributed by atoms with Crippen molar-refractivity contribution in [3.8, 4) is 0 Å². The van der Waals surface area contributed by atoms with Crippen molar-refractivity contribution in [2.75, 3.05) is 18.0 Å². The Balaban J connectivity index is 1.65. The van der Waals surface area contributed by atoms with Crippen LogP contribution in [0.2, 0.25) is 0 Å². The SMILES string of the molecule is CC(N)Cc1ccc(N(CC2CC2)CC2CC2)cc1. The summed E-state index contributed by atoms with van der Waals surface area (Å²) >= 11 is 0. The van der Waals surface area contributed by atoms with Crippen LogP contribution in [-0.4, -0.2) is 19.1 Å². The van der Waals surface area contributed by atoms with Gasteiger partial charge in [0, 0.05) is 24.8 Å². The van der Waals surface area contributed by atoms with E-state index in [4.69, 9.17) is 5.73 Å². The van der Waals surface area contributed by atoms with Gasteiger partial charge in [0.2, 0.25) is 0 Å². The molecule has 19 heavy (non-hydrogen) atoms. The Morgan fingerprint density at radius 2 is 1.58 bits per heavy atom. The first-order valence-electron chi connectivity index (χ1n) is 7.80. The van der Waals surface area contributed by atoms with Gasteiger partial charge in [0.05, 0.1) is 0 Å². The first-order valence-corrected chi connectivity index (χ1v) is 7.80. The molecule has 0 saturated heterocycles. The normalized spacial score (nSPS) is 20.3. The number of hydrogen-bond donors (Lipinski definition) is 1. The number of anilines is 1. The third-order valence-corrected chi connectivity index (χ3v) is 4.21. The zero-order valence-corrected chi connectivity index (χ0v) is 12.0. The molecular formula is C17H26N2. The highest BCUT2D eigenvalue weighted by atomic mass is 15.1. The van der Waals surface area contributed by atoms with E-state index in [1.165, 1.54) is 50.0 Å². The number of hydrogen-bond acceptors (Lipinski definition) is 2. The van der Waals surface area contributed by atoms with E-state index in [9.17, 15) is 0 Å². The van der Waals surface area contributed by atoms with Crippen molar-refractivity contribution in [3.63, 3.8) is 0 Å². The Kier molecular flexibility index (Phi) is 3.79. The van der Waals surface area contributed by atoms with Gasteiger partial charge in [-0.15, -0.1) is 0 Å². The van der Waals surface area contributed by atoms with Crippen LogP contribution in [-0.2, 0) is 6.42 Å². The smallest absolute Gasteiger partial charge is 0.0366 e. The lowest BCUT2D eigenvalue weighted by molar-refractivity contribution is 0.679. The van der Waals surface area contributed by atoms with Crippen LogP contribution in [0.4, 0.5) is 5.69 Å². The van der Waals surface area contributed by atoms with Gasteiger partial charge in [-0.3, -0.25) is 0 Å². The highest BCUT2D eigenvalue weighted by Crippen LogP contribution is 2.35. The largest absolute Gasteiger partial charge is 0.371 e. The summed E-state index contributed by atoms with van der Waals surface area (Å²) in [5.41, 5.74) is 8.63. The Bertz CT molecular complexity index is 388. The zero-order chi connectivity index (χ0) is 13.2. The highest BCUT2D eigenvalue weighted by molar-refractivity contribution is 5.48. The molecule has 2 aliphatic rings. The molecule has 0 amide bonds. The van der Waals surface area contributed by atoms with Crippen LogP contribution in [0.5, 0.6) is 0 Å². The van der Waals surface area contributed by atoms with Crippen LogP contribution < -0.4 is 10.6 Å². The van der Waals surface area contributed by atoms with Crippen molar-refractivity contribution in [1.29, 1.82) is 0 Å². The molecule has 0 heterocycles. The van der Waals surface area contributed by atoms with E-state index in [0.717, 1.165) is 18.3 Å². The first kappa shape index (κ1) is 13.0. The third kappa shape index (κ3) is 3.97. The van der Waals surface area contributed by atoms with E-state index in [1.54, 1.807) is 0 Å². The van der Waals surface area contributed by atoms with Crippen molar-refractivity contribution in [2.45, 2.75) is 45.1 Å². The Morgan fingerprint density at radius 3 is 2.00 bits per heavy atom. The van der Waals surface area contributed by atoms with E-state index in [2.05, 4.69) is 36.1 Å². The lowest BCUT2D eigenvalue weighted by Crippen LogP contribution is -2.28. The van der Waals surface area contributed by atoms with E-state index in [1.807, 2.05) is 0 Å². The van der Waals surface area contributed by atoms with Crippen molar-refractivity contribution >= 4 is 5.69 Å². The average molecular weight is 258 g/mol. The molecule has 1 unspecified atom stereocenters. The first-order chi connectivity index (χ1) is 9.20. The third-order valence-electron chi connectivity index (χ3n) is 4.21. The van der Waals surface area contributed by atoms with Gasteiger partial charge in [-0.1, -0.05) is 12.1 Å². The second kappa shape index (κ2) is 5.54. The minimum absolute atomic E-state index is 0.250. The predicted octanol–water partition coefficient (Wildman–Crippen LogP) is 3.20. The molecule has 2 saturated carbocycles. The summed E-state index contributed by atoms with van der Waals surface area (Å²) in [6.45, 7) is 4.60. The summed E-state index contributed by atoms with van der Waals surface area (Å²) in [4.78, 5) is 2.62. The summed E-state index contributed by atoms with van der Waals surface area (Å²) < 4.78 is 0. The van der Waals surface area contributed by atoms with Gasteiger partial charge < -0.3 is 10.6 Å². The molecule has 2 fully saturated rings. The fraction of sp³-hybridized carbons (Fsp3) is 0.647. The lowest BCUT2D eigenvalue weighted by Gasteiger charge is -2.25. The lowest BCUT2D eigenvalue weighted by atomic mass is 10.1. The van der Waals surface area contributed by atoms with Crippen molar-refractivity contribution < 1.29 is 0 Å². The number of benzene rings is 1. The molecule has 0 bridgehead atoms. The Hall–Kier alpha value is -1.02. The summed E-state index contributed by atoms with van der Waals surface area (Å²) in [5.74, 6) is 1.92. The topological polar surface area (TPSA) is 29.3 Å². The molecule has 2 heteroatoms. The molecule has 0 aliphatic heterocycles. The zero-order valence-electron chi connectivity index (χ0n) is 12.0. The standard InChI is InChI=1S/C17H26N2/c1-13(18)10-14-6-8-17(9-7-14)19(11-15-2-3-15)12-16-4-5-16/h6-9,13,15-16H,2-5,10-12,18H2,1H3. The van der Waals surface area contributed by atoms with Crippen LogP contribution in [0.1, 0.15) is 38.2 Å². The van der Waals surface area contributed by atoms with Crippen LogP contribution in [0.25, 0.3) is 0 Å². The average Bonchev–Trinajstić information content (AvgIpc) is 3.23. The molecule has 2 N–H and O–H groups in total. The monoisotopic (exact) mass is 258 g/mol. The predicted molar refractivity (Wildman–Crippen MR) is 81.5 cm³/mol. The molecule has 104 valence electrons. The molecule has 0 spiro atoms. The van der Waals surface area contributed by atoms with Crippen molar-refractivity contribution in [2.24, 2.45) is 17.6 Å². The van der Waals surface area contributed by atoms with Gasteiger partial charge in [-0.2, -0.15) is 0 Å². The van der Waals surface area contributed by atoms with Crippen LogP contribution in [0, 0.1) is 11.8 Å². The van der Waals surface area contributed by atoms with Crippen molar-refractivity contribution in [1.82, 2.24) is 0 Å². The van der Waals surface area contributed by atoms with Gasteiger partial charge in [0.1, 0.15) is 0 Å². The van der Waals surface area contributed by atoms with Crippen molar-refractivity contribution in [3.05, 3.63) is 29.8 Å². The quantitative estimate of drug-likeness (QED) is 0.814. The Morgan fingerprint density at radius 1 is 1.05 bits per heavy atom. The molecular weight excluding hydrogens is 232 g/mol. The fourth-order valence-corrected chi connectivity index (χ4v) is 2.72. The summed E-state index contributed by atoms with van der Waals surface area (Å²) in [5, 5.41) is 0. The minimum Gasteiger partial charge on any atom is -0.371 e. The molecule has 0 radical (unpaired) electrons. The number of nitrogens with two attached hydrogens (primary N) is 1. The molecule has 3 rings (SSSR count). The van der Waals surface area contributed by atoms with Gasteiger partial charge in [0.15, 0.2) is 0 Å². The second-order valence-corrected chi connectivity index (χ2v) is 6.64. The summed E-state index contributed by atoms with van der Waals surface area (Å²) in [6.07, 6.45) is 6.72. The Labute approximate surface area is 117 Å².